The fourth-order valence-corrected chi connectivity index (χ4v) is 1.86. The van der Waals surface area contributed by atoms with Crippen molar-refractivity contribution in [1.29, 1.82) is 0 Å². The first kappa shape index (κ1) is 10.5. The molecular formula is C14H19O. The Balaban J connectivity index is 2.31. The van der Waals surface area contributed by atoms with Gasteiger partial charge >= 0.3 is 0 Å². The van der Waals surface area contributed by atoms with Crippen molar-refractivity contribution >= 4 is 0 Å². The SMILES string of the molecule is CCOc1ccc([C](C)C)cc1C1CC1. The van der Waals surface area contributed by atoms with Crippen LogP contribution in [0.1, 0.15) is 50.7 Å². The summed E-state index contributed by atoms with van der Waals surface area (Å²) < 4.78 is 5.66. The van der Waals surface area contributed by atoms with Gasteiger partial charge in [-0.25, -0.2) is 0 Å². The van der Waals surface area contributed by atoms with Crippen molar-refractivity contribution in [3.63, 3.8) is 0 Å². The fraction of sp³-hybridized carbons (Fsp3) is 0.500. The third-order valence-electron chi connectivity index (χ3n) is 2.90. The van der Waals surface area contributed by atoms with E-state index in [0.717, 1.165) is 18.3 Å². The lowest BCUT2D eigenvalue weighted by molar-refractivity contribution is 0.336. The molecule has 1 heteroatoms. The van der Waals surface area contributed by atoms with Gasteiger partial charge in [0.25, 0.3) is 0 Å². The highest BCUT2D eigenvalue weighted by Crippen LogP contribution is 2.45. The van der Waals surface area contributed by atoms with Crippen molar-refractivity contribution in [2.75, 3.05) is 6.61 Å². The zero-order valence-corrected chi connectivity index (χ0v) is 9.84. The van der Waals surface area contributed by atoms with Crippen LogP contribution in [0.4, 0.5) is 0 Å². The van der Waals surface area contributed by atoms with Crippen LogP contribution < -0.4 is 4.74 Å². The first-order valence-corrected chi connectivity index (χ1v) is 5.79. The van der Waals surface area contributed by atoms with Crippen LogP contribution in [0.3, 0.4) is 0 Å². The van der Waals surface area contributed by atoms with Crippen molar-refractivity contribution < 1.29 is 4.74 Å². The number of hydrogen-bond donors (Lipinski definition) is 0. The van der Waals surface area contributed by atoms with Gasteiger partial charge in [0.15, 0.2) is 0 Å². The Morgan fingerprint density at radius 2 is 2.07 bits per heavy atom. The van der Waals surface area contributed by atoms with Gasteiger partial charge < -0.3 is 4.74 Å². The van der Waals surface area contributed by atoms with Crippen LogP contribution in [0, 0.1) is 5.92 Å². The van der Waals surface area contributed by atoms with Crippen LogP contribution >= 0.6 is 0 Å². The topological polar surface area (TPSA) is 9.23 Å². The average Bonchev–Trinajstić information content (AvgIpc) is 3.02. The number of hydrogen-bond acceptors (Lipinski definition) is 1. The molecule has 1 fully saturated rings. The Labute approximate surface area is 92.5 Å². The largest absolute Gasteiger partial charge is 0.494 e. The molecule has 1 saturated carbocycles. The molecule has 0 aliphatic heterocycles. The number of ether oxygens (including phenoxy) is 1. The summed E-state index contributed by atoms with van der Waals surface area (Å²) in [5.41, 5.74) is 2.76. The Morgan fingerprint density at radius 3 is 2.60 bits per heavy atom. The van der Waals surface area contributed by atoms with Crippen LogP contribution in [-0.2, 0) is 0 Å². The molecule has 0 amide bonds. The minimum Gasteiger partial charge on any atom is -0.494 e. The summed E-state index contributed by atoms with van der Waals surface area (Å²) in [6.07, 6.45) is 2.65. The summed E-state index contributed by atoms with van der Waals surface area (Å²) in [4.78, 5) is 0. The molecule has 0 aromatic heterocycles. The first-order chi connectivity index (χ1) is 7.22. The third-order valence-corrected chi connectivity index (χ3v) is 2.90. The van der Waals surface area contributed by atoms with Crippen LogP contribution in [0.15, 0.2) is 18.2 Å². The highest BCUT2D eigenvalue weighted by molar-refractivity contribution is 5.45. The smallest absolute Gasteiger partial charge is 0.122 e. The van der Waals surface area contributed by atoms with Crippen LogP contribution in [0.5, 0.6) is 5.75 Å². The van der Waals surface area contributed by atoms with Gasteiger partial charge in [0, 0.05) is 0 Å². The molecule has 1 aromatic rings. The second-order valence-corrected chi connectivity index (χ2v) is 4.46. The summed E-state index contributed by atoms with van der Waals surface area (Å²) in [5, 5.41) is 0. The van der Waals surface area contributed by atoms with Gasteiger partial charge in [0.1, 0.15) is 5.75 Å². The molecule has 15 heavy (non-hydrogen) atoms. The van der Waals surface area contributed by atoms with Gasteiger partial charge in [0.05, 0.1) is 6.61 Å². The maximum Gasteiger partial charge on any atom is 0.122 e. The lowest BCUT2D eigenvalue weighted by atomic mass is 9.98. The predicted molar refractivity (Wildman–Crippen MR) is 63.3 cm³/mol. The summed E-state index contributed by atoms with van der Waals surface area (Å²) in [5.74, 6) is 3.22. The molecule has 0 spiro atoms. The Bertz CT molecular complexity index is 337. The Hall–Kier alpha value is -0.980. The van der Waals surface area contributed by atoms with Crippen molar-refractivity contribution in [2.45, 2.75) is 39.5 Å². The molecule has 0 unspecified atom stereocenters. The predicted octanol–water partition coefficient (Wildman–Crippen LogP) is 3.93. The summed E-state index contributed by atoms with van der Waals surface area (Å²) in [7, 11) is 0. The van der Waals surface area contributed by atoms with Crippen LogP contribution in [0.2, 0.25) is 0 Å². The van der Waals surface area contributed by atoms with Gasteiger partial charge in [0.2, 0.25) is 0 Å². The van der Waals surface area contributed by atoms with E-state index in [0.29, 0.717) is 0 Å². The van der Waals surface area contributed by atoms with Crippen LogP contribution in [-0.4, -0.2) is 6.61 Å². The molecule has 0 bridgehead atoms. The average molecular weight is 203 g/mol. The minimum atomic E-state index is 0.755. The second kappa shape index (κ2) is 4.26. The summed E-state index contributed by atoms with van der Waals surface area (Å²) >= 11 is 0. The zero-order valence-electron chi connectivity index (χ0n) is 9.84. The highest BCUT2D eigenvalue weighted by atomic mass is 16.5. The van der Waals surface area contributed by atoms with E-state index in [-0.39, 0.29) is 0 Å². The maximum atomic E-state index is 5.66. The zero-order chi connectivity index (χ0) is 10.8. The van der Waals surface area contributed by atoms with E-state index in [4.69, 9.17) is 4.74 Å². The van der Waals surface area contributed by atoms with Gasteiger partial charge in [-0.2, -0.15) is 0 Å². The molecule has 1 aliphatic rings. The number of benzene rings is 1. The van der Waals surface area contributed by atoms with Crippen molar-refractivity contribution in [3.8, 4) is 5.75 Å². The molecule has 0 N–H and O–H groups in total. The molecule has 1 aromatic carbocycles. The van der Waals surface area contributed by atoms with Crippen molar-refractivity contribution in [3.05, 3.63) is 35.2 Å². The molecule has 0 heterocycles. The van der Waals surface area contributed by atoms with E-state index >= 15 is 0 Å². The number of rotatable bonds is 4. The monoisotopic (exact) mass is 203 g/mol. The second-order valence-electron chi connectivity index (χ2n) is 4.46. The van der Waals surface area contributed by atoms with Crippen molar-refractivity contribution in [1.82, 2.24) is 0 Å². The standard InChI is InChI=1S/C14H19O/c1-4-15-14-8-7-12(10(2)3)9-13(14)11-5-6-11/h7-9,11H,4-6H2,1-3H3. The van der Waals surface area contributed by atoms with E-state index in [1.807, 2.05) is 6.92 Å². The Morgan fingerprint density at radius 1 is 1.33 bits per heavy atom. The molecule has 0 atom stereocenters. The fourth-order valence-electron chi connectivity index (χ4n) is 1.86. The van der Waals surface area contributed by atoms with Crippen molar-refractivity contribution in [2.24, 2.45) is 0 Å². The van der Waals surface area contributed by atoms with E-state index < -0.39 is 0 Å². The molecule has 1 nitrogen and oxygen atoms in total. The lowest BCUT2D eigenvalue weighted by Crippen LogP contribution is -1.98. The molecule has 81 valence electrons. The van der Waals surface area contributed by atoms with Gasteiger partial charge in [-0.3, -0.25) is 0 Å². The third kappa shape index (κ3) is 2.34. The maximum absolute atomic E-state index is 5.66. The first-order valence-electron chi connectivity index (χ1n) is 5.79. The van der Waals surface area contributed by atoms with Gasteiger partial charge in [-0.1, -0.05) is 26.0 Å². The van der Waals surface area contributed by atoms with Gasteiger partial charge in [-0.15, -0.1) is 0 Å². The van der Waals surface area contributed by atoms with Crippen LogP contribution in [0.25, 0.3) is 0 Å². The minimum absolute atomic E-state index is 0.755. The molecule has 0 saturated heterocycles. The van der Waals surface area contributed by atoms with Gasteiger partial charge in [-0.05, 0) is 48.8 Å². The van der Waals surface area contributed by atoms with E-state index in [1.165, 1.54) is 29.9 Å². The highest BCUT2D eigenvalue weighted by Gasteiger charge is 2.27. The summed E-state index contributed by atoms with van der Waals surface area (Å²) in [6, 6.07) is 6.59. The lowest BCUT2D eigenvalue weighted by Gasteiger charge is -2.13. The molecule has 2 rings (SSSR count). The molecule has 1 aliphatic carbocycles. The normalized spacial score (nSPS) is 15.7. The quantitative estimate of drug-likeness (QED) is 0.720. The molecule has 1 radical (unpaired) electrons. The Kier molecular flexibility index (Phi) is 2.99. The molecular weight excluding hydrogens is 184 g/mol. The summed E-state index contributed by atoms with van der Waals surface area (Å²) in [6.45, 7) is 7.12. The van der Waals surface area contributed by atoms with E-state index in [9.17, 15) is 0 Å². The van der Waals surface area contributed by atoms with E-state index in [2.05, 4.69) is 32.0 Å². The van der Waals surface area contributed by atoms with E-state index in [1.54, 1.807) is 0 Å².